The number of hydrogen-bond donors (Lipinski definition) is 2. The van der Waals surface area contributed by atoms with Gasteiger partial charge in [0.05, 0.1) is 11.2 Å². The molecule has 0 aromatic heterocycles. The van der Waals surface area contributed by atoms with Crippen LogP contribution in [0.15, 0.2) is 0 Å². The van der Waals surface area contributed by atoms with E-state index in [-0.39, 0.29) is 5.25 Å². The lowest BCUT2D eigenvalue weighted by Gasteiger charge is -2.08. The third kappa shape index (κ3) is 4.23. The summed E-state index contributed by atoms with van der Waals surface area (Å²) in [6, 6.07) is 0. The first kappa shape index (κ1) is 11.3. The lowest BCUT2D eigenvalue weighted by atomic mass is 10.2. The molecule has 0 radical (unpaired) electrons. The number of nitrogens with two attached hydrogens (primary N) is 1. The number of thioether (sulfide) groups is 1. The molecule has 0 fully saturated rings. The summed E-state index contributed by atoms with van der Waals surface area (Å²) < 4.78 is 0. The van der Waals surface area contributed by atoms with Gasteiger partial charge in [0, 0.05) is 5.75 Å². The summed E-state index contributed by atoms with van der Waals surface area (Å²) in [5.74, 6) is -1.27. The summed E-state index contributed by atoms with van der Waals surface area (Å²) in [6.45, 7) is 3.27. The van der Waals surface area contributed by atoms with Crippen molar-refractivity contribution in [3.8, 4) is 0 Å². The van der Waals surface area contributed by atoms with E-state index in [0.717, 1.165) is 0 Å². The van der Waals surface area contributed by atoms with Crippen LogP contribution in [0.1, 0.15) is 13.8 Å². The van der Waals surface area contributed by atoms with E-state index >= 15 is 0 Å². The van der Waals surface area contributed by atoms with E-state index in [1.165, 1.54) is 11.8 Å². The van der Waals surface area contributed by atoms with Gasteiger partial charge in [-0.25, -0.2) is 0 Å². The van der Waals surface area contributed by atoms with E-state index in [2.05, 4.69) is 0 Å². The molecule has 0 aliphatic carbocycles. The van der Waals surface area contributed by atoms with Crippen LogP contribution in [-0.2, 0) is 9.59 Å². The average molecular weight is 191 g/mol. The first-order valence-electron chi connectivity index (χ1n) is 3.59. The van der Waals surface area contributed by atoms with Crippen LogP contribution in [-0.4, -0.2) is 28.0 Å². The number of carbonyl (C=O) groups is 2. The summed E-state index contributed by atoms with van der Waals surface area (Å²) >= 11 is 1.27. The average Bonchev–Trinajstić information content (AvgIpc) is 1.98. The molecular formula is C7H13NO3S. The topological polar surface area (TPSA) is 80.4 Å². The fraction of sp³-hybridized carbons (Fsp3) is 0.714. The van der Waals surface area contributed by atoms with E-state index in [1.807, 2.05) is 0 Å². The smallest absolute Gasteiger partial charge is 0.307 e. The Morgan fingerprint density at radius 2 is 2.00 bits per heavy atom. The molecule has 0 heterocycles. The minimum Gasteiger partial charge on any atom is -0.481 e. The summed E-state index contributed by atoms with van der Waals surface area (Å²) in [5.41, 5.74) is 4.99. The molecule has 5 heteroatoms. The highest BCUT2D eigenvalue weighted by molar-refractivity contribution is 8.00. The van der Waals surface area contributed by atoms with Gasteiger partial charge in [-0.3, -0.25) is 9.59 Å². The lowest BCUT2D eigenvalue weighted by molar-refractivity contribution is -0.140. The number of amides is 1. The van der Waals surface area contributed by atoms with Crippen molar-refractivity contribution in [3.63, 3.8) is 0 Å². The number of carbonyl (C=O) groups excluding carboxylic acids is 1. The van der Waals surface area contributed by atoms with Gasteiger partial charge >= 0.3 is 5.97 Å². The Labute approximate surface area is 75.5 Å². The normalized spacial score (nSPS) is 15.2. The molecule has 0 spiro atoms. The van der Waals surface area contributed by atoms with Gasteiger partial charge in [-0.1, -0.05) is 6.92 Å². The second kappa shape index (κ2) is 5.03. The number of carboxylic acid groups (broad SMARTS) is 1. The summed E-state index contributed by atoms with van der Waals surface area (Å²) in [6.07, 6.45) is 0. The zero-order chi connectivity index (χ0) is 9.72. The monoisotopic (exact) mass is 191 g/mol. The Kier molecular flexibility index (Phi) is 4.73. The number of primary amides is 1. The van der Waals surface area contributed by atoms with Gasteiger partial charge in [-0.15, -0.1) is 11.8 Å². The Bertz CT molecular complexity index is 163. The largest absolute Gasteiger partial charge is 0.481 e. The molecule has 0 aromatic rings. The molecule has 4 nitrogen and oxygen atoms in total. The third-order valence-corrected chi connectivity index (χ3v) is 2.84. The number of carboxylic acids is 1. The van der Waals surface area contributed by atoms with E-state index in [1.54, 1.807) is 13.8 Å². The predicted octanol–water partition coefficient (Wildman–Crippen LogP) is 0.314. The highest BCUT2D eigenvalue weighted by Gasteiger charge is 2.15. The SMILES string of the molecule is CC(CSC(C)C(N)=O)C(=O)O. The highest BCUT2D eigenvalue weighted by atomic mass is 32.2. The standard InChI is InChI=1S/C7H13NO3S/c1-4(7(10)11)3-12-5(2)6(8)9/h4-5H,3H2,1-2H3,(H2,8,9)(H,10,11). The van der Waals surface area contributed by atoms with Crippen LogP contribution in [0.3, 0.4) is 0 Å². The van der Waals surface area contributed by atoms with Crippen LogP contribution >= 0.6 is 11.8 Å². The maximum absolute atomic E-state index is 10.5. The van der Waals surface area contributed by atoms with E-state index in [9.17, 15) is 9.59 Å². The minimum atomic E-state index is -0.848. The Morgan fingerprint density at radius 1 is 1.50 bits per heavy atom. The van der Waals surface area contributed by atoms with Crippen molar-refractivity contribution in [3.05, 3.63) is 0 Å². The molecule has 0 saturated heterocycles. The fourth-order valence-electron chi connectivity index (χ4n) is 0.442. The van der Waals surface area contributed by atoms with Gasteiger partial charge in [0.25, 0.3) is 0 Å². The predicted molar refractivity (Wildman–Crippen MR) is 47.9 cm³/mol. The molecule has 2 atom stereocenters. The highest BCUT2D eigenvalue weighted by Crippen LogP contribution is 2.14. The van der Waals surface area contributed by atoms with Crippen LogP contribution in [0, 0.1) is 5.92 Å². The second-order valence-corrected chi connectivity index (χ2v) is 3.99. The fourth-order valence-corrected chi connectivity index (χ4v) is 1.33. The van der Waals surface area contributed by atoms with Crippen molar-refractivity contribution in [2.75, 3.05) is 5.75 Å². The maximum atomic E-state index is 10.5. The van der Waals surface area contributed by atoms with Crippen LogP contribution in [0.4, 0.5) is 0 Å². The molecule has 1 amide bonds. The number of rotatable bonds is 5. The molecule has 0 aliphatic heterocycles. The van der Waals surface area contributed by atoms with Crippen LogP contribution < -0.4 is 5.73 Å². The van der Waals surface area contributed by atoms with Crippen molar-refractivity contribution < 1.29 is 14.7 Å². The quantitative estimate of drug-likeness (QED) is 0.655. The first-order valence-corrected chi connectivity index (χ1v) is 4.63. The van der Waals surface area contributed by atoms with Gasteiger partial charge in [0.2, 0.25) is 5.91 Å². The molecule has 3 N–H and O–H groups in total. The van der Waals surface area contributed by atoms with Crippen molar-refractivity contribution >= 4 is 23.6 Å². The van der Waals surface area contributed by atoms with E-state index in [4.69, 9.17) is 10.8 Å². The summed E-state index contributed by atoms with van der Waals surface area (Å²) in [7, 11) is 0. The minimum absolute atomic E-state index is 0.313. The van der Waals surface area contributed by atoms with Crippen LogP contribution in [0.5, 0.6) is 0 Å². The van der Waals surface area contributed by atoms with Crippen LogP contribution in [0.25, 0.3) is 0 Å². The molecule has 0 aromatic carbocycles. The number of hydrogen-bond acceptors (Lipinski definition) is 3. The summed E-state index contributed by atoms with van der Waals surface area (Å²) in [5, 5.41) is 8.19. The molecule has 12 heavy (non-hydrogen) atoms. The zero-order valence-corrected chi connectivity index (χ0v) is 7.93. The summed E-state index contributed by atoms with van der Waals surface area (Å²) in [4.78, 5) is 20.9. The van der Waals surface area contributed by atoms with E-state index in [0.29, 0.717) is 5.75 Å². The van der Waals surface area contributed by atoms with Crippen molar-refractivity contribution in [1.29, 1.82) is 0 Å². The Morgan fingerprint density at radius 3 is 2.33 bits per heavy atom. The molecule has 0 saturated carbocycles. The molecular weight excluding hydrogens is 178 g/mol. The molecule has 0 aliphatic rings. The lowest BCUT2D eigenvalue weighted by Crippen LogP contribution is -2.24. The zero-order valence-electron chi connectivity index (χ0n) is 7.11. The van der Waals surface area contributed by atoms with Crippen molar-refractivity contribution in [2.45, 2.75) is 19.1 Å². The molecule has 0 rings (SSSR count). The Hall–Kier alpha value is -0.710. The van der Waals surface area contributed by atoms with Gasteiger partial charge < -0.3 is 10.8 Å². The van der Waals surface area contributed by atoms with Crippen LogP contribution in [0.2, 0.25) is 0 Å². The maximum Gasteiger partial charge on any atom is 0.307 e. The molecule has 0 bridgehead atoms. The first-order chi connectivity index (χ1) is 5.45. The molecule has 70 valence electrons. The molecule has 2 unspecified atom stereocenters. The number of aliphatic carboxylic acids is 1. The van der Waals surface area contributed by atoms with Gasteiger partial charge in [0.1, 0.15) is 0 Å². The van der Waals surface area contributed by atoms with Gasteiger partial charge in [-0.05, 0) is 6.92 Å². The van der Waals surface area contributed by atoms with E-state index < -0.39 is 17.8 Å². The third-order valence-electron chi connectivity index (χ3n) is 1.42. The van der Waals surface area contributed by atoms with Crippen molar-refractivity contribution in [1.82, 2.24) is 0 Å². The van der Waals surface area contributed by atoms with Crippen molar-refractivity contribution in [2.24, 2.45) is 11.7 Å². The second-order valence-electron chi connectivity index (χ2n) is 2.62. The van der Waals surface area contributed by atoms with Gasteiger partial charge in [-0.2, -0.15) is 0 Å². The van der Waals surface area contributed by atoms with Gasteiger partial charge in [0.15, 0.2) is 0 Å². The Balaban J connectivity index is 3.68.